The molecule has 1 saturated heterocycles. The molecule has 1 aromatic heterocycles. The molecule has 2 rings (SSSR count). The highest BCUT2D eigenvalue weighted by molar-refractivity contribution is 6.32. The van der Waals surface area contributed by atoms with Crippen molar-refractivity contribution in [1.29, 1.82) is 0 Å². The van der Waals surface area contributed by atoms with Crippen LogP contribution in [-0.2, 0) is 4.79 Å². The van der Waals surface area contributed by atoms with E-state index in [9.17, 15) is 4.79 Å². The summed E-state index contributed by atoms with van der Waals surface area (Å²) in [4.78, 5) is 16.0. The number of hydrogen-bond acceptors (Lipinski definition) is 3. The normalized spacial score (nSPS) is 24.4. The topological polar surface area (TPSA) is 54.0 Å². The number of nitrogens with one attached hydrogen (secondary N) is 2. The SMILES string of the molecule is CC1CC(C(=O)Nc2cccnc2Cl)CCN1. The van der Waals surface area contributed by atoms with Crippen molar-refractivity contribution in [3.63, 3.8) is 0 Å². The lowest BCUT2D eigenvalue weighted by atomic mass is 9.92. The number of anilines is 1. The van der Waals surface area contributed by atoms with Crippen molar-refractivity contribution in [3.05, 3.63) is 23.5 Å². The van der Waals surface area contributed by atoms with Gasteiger partial charge in [0.25, 0.3) is 0 Å². The fourth-order valence-corrected chi connectivity index (χ4v) is 2.25. The van der Waals surface area contributed by atoms with E-state index in [-0.39, 0.29) is 11.8 Å². The number of hydrogen-bond donors (Lipinski definition) is 2. The van der Waals surface area contributed by atoms with Crippen LogP contribution in [0.3, 0.4) is 0 Å². The standard InChI is InChI=1S/C12H16ClN3O/c1-8-7-9(4-6-14-8)12(17)16-10-3-2-5-15-11(10)13/h2-3,5,8-9,14H,4,6-7H2,1H3,(H,16,17). The molecule has 0 saturated carbocycles. The van der Waals surface area contributed by atoms with Crippen LogP contribution in [0.25, 0.3) is 0 Å². The first-order chi connectivity index (χ1) is 8.16. The van der Waals surface area contributed by atoms with Crippen LogP contribution in [0.1, 0.15) is 19.8 Å². The molecule has 2 unspecified atom stereocenters. The van der Waals surface area contributed by atoms with E-state index in [1.165, 1.54) is 0 Å². The lowest BCUT2D eigenvalue weighted by molar-refractivity contribution is -0.120. The zero-order chi connectivity index (χ0) is 12.3. The second kappa shape index (κ2) is 5.47. The van der Waals surface area contributed by atoms with Crippen molar-refractivity contribution < 1.29 is 4.79 Å². The predicted molar refractivity (Wildman–Crippen MR) is 68.1 cm³/mol. The molecular formula is C12H16ClN3O. The molecule has 2 N–H and O–H groups in total. The van der Waals surface area contributed by atoms with Gasteiger partial charge < -0.3 is 10.6 Å². The van der Waals surface area contributed by atoms with Crippen LogP contribution in [0.15, 0.2) is 18.3 Å². The minimum atomic E-state index is 0.0354. The molecule has 1 aliphatic rings. The Labute approximate surface area is 106 Å². The molecule has 4 nitrogen and oxygen atoms in total. The van der Waals surface area contributed by atoms with Crippen LogP contribution in [0.2, 0.25) is 5.15 Å². The van der Waals surface area contributed by atoms with E-state index < -0.39 is 0 Å². The van der Waals surface area contributed by atoms with Crippen molar-refractivity contribution in [2.75, 3.05) is 11.9 Å². The van der Waals surface area contributed by atoms with Gasteiger partial charge in [-0.05, 0) is 38.4 Å². The molecule has 2 atom stereocenters. The summed E-state index contributed by atoms with van der Waals surface area (Å²) in [6, 6.07) is 3.91. The summed E-state index contributed by atoms with van der Waals surface area (Å²) in [5.74, 6) is 0.0933. The third-order valence-electron chi connectivity index (χ3n) is 3.01. The molecule has 0 radical (unpaired) electrons. The summed E-state index contributed by atoms with van der Waals surface area (Å²) in [7, 11) is 0. The Balaban J connectivity index is 1.99. The Hall–Kier alpha value is -1.13. The van der Waals surface area contributed by atoms with Gasteiger partial charge in [-0.1, -0.05) is 11.6 Å². The summed E-state index contributed by atoms with van der Waals surface area (Å²) in [6.07, 6.45) is 3.34. The maximum absolute atomic E-state index is 12.0. The lowest BCUT2D eigenvalue weighted by Crippen LogP contribution is -2.40. The smallest absolute Gasteiger partial charge is 0.227 e. The minimum absolute atomic E-state index is 0.0354. The molecule has 0 aromatic carbocycles. The third-order valence-corrected chi connectivity index (χ3v) is 3.31. The Morgan fingerprint density at radius 2 is 2.47 bits per heavy atom. The number of pyridine rings is 1. The average Bonchev–Trinajstić information content (AvgIpc) is 2.32. The van der Waals surface area contributed by atoms with Crippen molar-refractivity contribution in [3.8, 4) is 0 Å². The molecule has 2 heterocycles. The molecule has 1 amide bonds. The number of nitrogens with zero attached hydrogens (tertiary/aromatic N) is 1. The van der Waals surface area contributed by atoms with Crippen LogP contribution in [-0.4, -0.2) is 23.5 Å². The van der Waals surface area contributed by atoms with Gasteiger partial charge in [-0.2, -0.15) is 0 Å². The molecule has 1 fully saturated rings. The first-order valence-electron chi connectivity index (χ1n) is 5.81. The fraction of sp³-hybridized carbons (Fsp3) is 0.500. The molecule has 1 aromatic rings. The number of piperidine rings is 1. The van der Waals surface area contributed by atoms with Crippen molar-refractivity contribution in [2.24, 2.45) is 5.92 Å². The fourth-order valence-electron chi connectivity index (χ4n) is 2.08. The van der Waals surface area contributed by atoms with Gasteiger partial charge in [-0.3, -0.25) is 4.79 Å². The zero-order valence-corrected chi connectivity index (χ0v) is 10.5. The first-order valence-corrected chi connectivity index (χ1v) is 6.19. The Morgan fingerprint density at radius 1 is 1.65 bits per heavy atom. The summed E-state index contributed by atoms with van der Waals surface area (Å²) >= 11 is 5.90. The van der Waals surface area contributed by atoms with E-state index in [2.05, 4.69) is 22.5 Å². The van der Waals surface area contributed by atoms with E-state index in [1.807, 2.05) is 0 Å². The summed E-state index contributed by atoms with van der Waals surface area (Å²) < 4.78 is 0. The van der Waals surface area contributed by atoms with Gasteiger partial charge in [0.1, 0.15) is 0 Å². The van der Waals surface area contributed by atoms with E-state index in [0.29, 0.717) is 16.9 Å². The van der Waals surface area contributed by atoms with Crippen molar-refractivity contribution >= 4 is 23.2 Å². The van der Waals surface area contributed by atoms with Gasteiger partial charge in [0.05, 0.1) is 5.69 Å². The largest absolute Gasteiger partial charge is 0.323 e. The second-order valence-electron chi connectivity index (χ2n) is 4.41. The monoisotopic (exact) mass is 253 g/mol. The highest BCUT2D eigenvalue weighted by Gasteiger charge is 2.25. The van der Waals surface area contributed by atoms with E-state index >= 15 is 0 Å². The number of halogens is 1. The summed E-state index contributed by atoms with van der Waals surface area (Å²) in [6.45, 7) is 2.98. The molecule has 1 aliphatic heterocycles. The quantitative estimate of drug-likeness (QED) is 0.794. The summed E-state index contributed by atoms with van der Waals surface area (Å²) in [5, 5.41) is 6.50. The van der Waals surface area contributed by atoms with Crippen molar-refractivity contribution in [1.82, 2.24) is 10.3 Å². The van der Waals surface area contributed by atoms with Gasteiger partial charge in [0.2, 0.25) is 5.91 Å². The highest BCUT2D eigenvalue weighted by Crippen LogP contribution is 2.21. The Bertz CT molecular complexity index is 410. The molecule has 5 heteroatoms. The molecule has 0 bridgehead atoms. The van der Waals surface area contributed by atoms with E-state index in [0.717, 1.165) is 19.4 Å². The van der Waals surface area contributed by atoms with Gasteiger partial charge in [0.15, 0.2) is 5.15 Å². The van der Waals surface area contributed by atoms with E-state index in [1.54, 1.807) is 18.3 Å². The summed E-state index contributed by atoms with van der Waals surface area (Å²) in [5.41, 5.74) is 0.588. The third kappa shape index (κ3) is 3.17. The Kier molecular flexibility index (Phi) is 3.97. The maximum atomic E-state index is 12.0. The van der Waals surface area contributed by atoms with Gasteiger partial charge in [-0.25, -0.2) is 4.98 Å². The highest BCUT2D eigenvalue weighted by atomic mass is 35.5. The molecule has 92 valence electrons. The zero-order valence-electron chi connectivity index (χ0n) is 9.74. The van der Waals surface area contributed by atoms with Gasteiger partial charge in [-0.15, -0.1) is 0 Å². The molecular weight excluding hydrogens is 238 g/mol. The van der Waals surface area contributed by atoms with E-state index in [4.69, 9.17) is 11.6 Å². The van der Waals surface area contributed by atoms with Crippen LogP contribution >= 0.6 is 11.6 Å². The first kappa shape index (κ1) is 12.3. The number of carbonyl (C=O) groups is 1. The average molecular weight is 254 g/mol. The Morgan fingerprint density at radius 3 is 3.18 bits per heavy atom. The number of rotatable bonds is 2. The van der Waals surface area contributed by atoms with Crippen LogP contribution in [0.5, 0.6) is 0 Å². The lowest BCUT2D eigenvalue weighted by Gasteiger charge is -2.27. The second-order valence-corrected chi connectivity index (χ2v) is 4.77. The van der Waals surface area contributed by atoms with Crippen LogP contribution in [0.4, 0.5) is 5.69 Å². The molecule has 0 aliphatic carbocycles. The number of carbonyl (C=O) groups excluding carboxylic acids is 1. The van der Waals surface area contributed by atoms with Crippen LogP contribution in [0, 0.1) is 5.92 Å². The molecule has 0 spiro atoms. The van der Waals surface area contributed by atoms with Gasteiger partial charge in [0, 0.05) is 18.2 Å². The molecule has 17 heavy (non-hydrogen) atoms. The number of aromatic nitrogens is 1. The number of amides is 1. The predicted octanol–water partition coefficient (Wildman–Crippen LogP) is 2.06. The van der Waals surface area contributed by atoms with Crippen molar-refractivity contribution in [2.45, 2.75) is 25.8 Å². The minimum Gasteiger partial charge on any atom is -0.323 e. The maximum Gasteiger partial charge on any atom is 0.227 e. The van der Waals surface area contributed by atoms with Crippen LogP contribution < -0.4 is 10.6 Å². The van der Waals surface area contributed by atoms with Gasteiger partial charge >= 0.3 is 0 Å².